The van der Waals surface area contributed by atoms with Crippen LogP contribution in [-0.4, -0.2) is 47.3 Å². The molecule has 4 heterocycles. The Balaban J connectivity index is 0.922. The Morgan fingerprint density at radius 1 is 0.508 bits per heavy atom. The van der Waals surface area contributed by atoms with Crippen LogP contribution in [0.15, 0.2) is 162 Å². The Morgan fingerprint density at radius 3 is 1.49 bits per heavy atom. The molecule has 3 aliphatic heterocycles. The zero-order valence-electron chi connectivity index (χ0n) is 37.4. The van der Waals surface area contributed by atoms with Crippen molar-refractivity contribution in [3.05, 3.63) is 185 Å². The van der Waals surface area contributed by atoms with Crippen molar-refractivity contribution in [1.82, 2.24) is 4.98 Å². The third-order valence-electron chi connectivity index (χ3n) is 13.1. The highest BCUT2D eigenvalue weighted by atomic mass is 16.7. The number of H-pyrrole nitrogens is 1. The number of aromatic nitrogens is 1. The third-order valence-corrected chi connectivity index (χ3v) is 13.1. The van der Waals surface area contributed by atoms with E-state index in [4.69, 9.17) is 33.1 Å². The first-order valence-electron chi connectivity index (χ1n) is 21.8. The molecule has 1 N–H and O–H groups in total. The van der Waals surface area contributed by atoms with Gasteiger partial charge in [0.2, 0.25) is 0 Å². The molecule has 0 amide bonds. The SMILES string of the molecule is CC1(C)OB(c2ccc(COc3ccccc3C3=N/C(=C(/c4ccccc4)c4ccc(-c5ccccc5OCc5ccc(B6OC(C)(C)C(C)(C)O6)cc5)[nH]4)C=C3)cc2)OC1(C)C. The van der Waals surface area contributed by atoms with E-state index >= 15 is 0 Å². The summed E-state index contributed by atoms with van der Waals surface area (Å²) in [5, 5.41) is 0. The Kier molecular flexibility index (Phi) is 11.2. The number of allylic oxidation sites excluding steroid dienone is 2. The molecule has 5 aromatic carbocycles. The Hall–Kier alpha value is -5.90. The maximum absolute atomic E-state index is 6.48. The Bertz CT molecular complexity index is 2670. The van der Waals surface area contributed by atoms with Crippen molar-refractivity contribution in [2.24, 2.45) is 4.99 Å². The molecule has 63 heavy (non-hydrogen) atoms. The molecule has 0 saturated carbocycles. The van der Waals surface area contributed by atoms with Crippen LogP contribution in [0.4, 0.5) is 0 Å². The molecular formula is C53H54B2N2O6. The van der Waals surface area contributed by atoms with Crippen LogP contribution >= 0.6 is 0 Å². The first-order chi connectivity index (χ1) is 30.2. The van der Waals surface area contributed by atoms with E-state index < -0.39 is 36.6 Å². The van der Waals surface area contributed by atoms with Gasteiger partial charge in [0.1, 0.15) is 24.7 Å². The van der Waals surface area contributed by atoms with Crippen LogP contribution in [0, 0.1) is 0 Å². The van der Waals surface area contributed by atoms with Crippen molar-refractivity contribution in [2.75, 3.05) is 0 Å². The van der Waals surface area contributed by atoms with E-state index in [1.54, 1.807) is 0 Å². The number of hydrogen-bond acceptors (Lipinski definition) is 7. The number of nitrogens with zero attached hydrogens (tertiary/aromatic N) is 1. The van der Waals surface area contributed by atoms with Crippen molar-refractivity contribution in [2.45, 2.75) is 91.0 Å². The molecule has 8 nitrogen and oxygen atoms in total. The molecule has 0 unspecified atom stereocenters. The van der Waals surface area contributed by atoms with Gasteiger partial charge in [0.05, 0.1) is 33.8 Å². The highest BCUT2D eigenvalue weighted by Gasteiger charge is 2.52. The molecule has 10 heteroatoms. The highest BCUT2D eigenvalue weighted by Crippen LogP contribution is 2.39. The topological polar surface area (TPSA) is 83.5 Å². The summed E-state index contributed by atoms with van der Waals surface area (Å²) in [5.74, 6) is 1.55. The first kappa shape index (κ1) is 42.4. The van der Waals surface area contributed by atoms with Gasteiger partial charge in [-0.15, -0.1) is 0 Å². The maximum Gasteiger partial charge on any atom is 0.494 e. The zero-order chi connectivity index (χ0) is 44.0. The van der Waals surface area contributed by atoms with Gasteiger partial charge in [-0.1, -0.05) is 103 Å². The number of aliphatic imine (C=N–C) groups is 1. The molecule has 0 atom stereocenters. The summed E-state index contributed by atoms with van der Waals surface area (Å²) in [5.41, 5.74) is 10.0. The van der Waals surface area contributed by atoms with E-state index in [1.807, 2.05) is 42.5 Å². The molecule has 0 spiro atoms. The van der Waals surface area contributed by atoms with Crippen LogP contribution < -0.4 is 20.4 Å². The van der Waals surface area contributed by atoms with Gasteiger partial charge in [-0.25, -0.2) is 4.99 Å². The summed E-state index contributed by atoms with van der Waals surface area (Å²) in [6, 6.07) is 47.3. The lowest BCUT2D eigenvalue weighted by Crippen LogP contribution is -2.41. The van der Waals surface area contributed by atoms with Crippen LogP contribution in [0.25, 0.3) is 16.8 Å². The number of hydrogen-bond donors (Lipinski definition) is 1. The predicted molar refractivity (Wildman–Crippen MR) is 254 cm³/mol. The van der Waals surface area contributed by atoms with Crippen LogP contribution in [0.1, 0.15) is 83.3 Å². The van der Waals surface area contributed by atoms with Crippen LogP contribution in [0.3, 0.4) is 0 Å². The quantitative estimate of drug-likeness (QED) is 0.124. The summed E-state index contributed by atoms with van der Waals surface area (Å²) in [7, 11) is -0.806. The molecule has 6 aromatic rings. The van der Waals surface area contributed by atoms with Crippen molar-refractivity contribution >= 4 is 36.4 Å². The molecule has 3 aliphatic rings. The summed E-state index contributed by atoms with van der Waals surface area (Å²) in [6.07, 6.45) is 4.15. The van der Waals surface area contributed by atoms with Crippen LogP contribution in [0.2, 0.25) is 0 Å². The number of ether oxygens (including phenoxy) is 2. The van der Waals surface area contributed by atoms with Gasteiger partial charge < -0.3 is 33.1 Å². The van der Waals surface area contributed by atoms with Gasteiger partial charge in [0.15, 0.2) is 0 Å². The zero-order valence-corrected chi connectivity index (χ0v) is 37.4. The van der Waals surface area contributed by atoms with Gasteiger partial charge in [0, 0.05) is 28.1 Å². The molecule has 9 rings (SSSR count). The third kappa shape index (κ3) is 8.61. The van der Waals surface area contributed by atoms with Gasteiger partial charge >= 0.3 is 14.2 Å². The lowest BCUT2D eigenvalue weighted by atomic mass is 9.79. The second-order valence-corrected chi connectivity index (χ2v) is 18.5. The lowest BCUT2D eigenvalue weighted by molar-refractivity contribution is 0.00578. The Morgan fingerprint density at radius 2 is 0.968 bits per heavy atom. The standard InChI is InChI=1S/C53H54B2N2O6/c1-50(2)51(3,4)61-54(60-50)39-26-22-36(23-27-39)34-58-47-20-14-12-18-41(47)43-30-32-45(56-43)49(38-16-10-9-11-17-38)46-33-31-44(57-46)42-19-13-15-21-48(42)59-35-37-24-28-40(29-25-37)55-62-52(5,6)53(7,8)63-55/h9-33,56H,34-35H2,1-8H3/b49-46-. The number of para-hydroxylation sites is 2. The van der Waals surface area contributed by atoms with Gasteiger partial charge in [-0.3, -0.25) is 0 Å². The lowest BCUT2D eigenvalue weighted by Gasteiger charge is -2.32. The van der Waals surface area contributed by atoms with Crippen LogP contribution in [0.5, 0.6) is 11.5 Å². The maximum atomic E-state index is 6.48. The largest absolute Gasteiger partial charge is 0.494 e. The fourth-order valence-electron chi connectivity index (χ4n) is 7.84. The second-order valence-electron chi connectivity index (χ2n) is 18.5. The van der Waals surface area contributed by atoms with Crippen molar-refractivity contribution in [3.63, 3.8) is 0 Å². The summed E-state index contributed by atoms with van der Waals surface area (Å²) in [4.78, 5) is 8.95. The minimum absolute atomic E-state index is 0.390. The van der Waals surface area contributed by atoms with Crippen molar-refractivity contribution in [3.8, 4) is 22.8 Å². The van der Waals surface area contributed by atoms with Crippen molar-refractivity contribution < 1.29 is 28.1 Å². The molecule has 2 saturated heterocycles. The number of benzene rings is 5. The molecule has 1 aromatic heterocycles. The second kappa shape index (κ2) is 16.7. The monoisotopic (exact) mass is 836 g/mol. The summed E-state index contributed by atoms with van der Waals surface area (Å²) < 4.78 is 38.0. The summed E-state index contributed by atoms with van der Waals surface area (Å²) in [6.45, 7) is 17.4. The van der Waals surface area contributed by atoms with E-state index in [0.29, 0.717) is 13.2 Å². The van der Waals surface area contributed by atoms with Gasteiger partial charge in [0.25, 0.3) is 0 Å². The highest BCUT2D eigenvalue weighted by molar-refractivity contribution is 6.62. The fraction of sp³-hybridized carbons (Fsp3) is 0.264. The number of nitrogens with one attached hydrogen (secondary N) is 1. The van der Waals surface area contributed by atoms with Gasteiger partial charge in [-0.05, 0) is 132 Å². The first-order valence-corrected chi connectivity index (χ1v) is 21.8. The molecule has 2 fully saturated rings. The minimum Gasteiger partial charge on any atom is -0.488 e. The van der Waals surface area contributed by atoms with E-state index in [2.05, 4.69) is 170 Å². The summed E-state index contributed by atoms with van der Waals surface area (Å²) >= 11 is 0. The molecule has 0 aliphatic carbocycles. The average molecular weight is 837 g/mol. The number of rotatable bonds is 12. The predicted octanol–water partition coefficient (Wildman–Crippen LogP) is 10.3. The van der Waals surface area contributed by atoms with E-state index in [-0.39, 0.29) is 0 Å². The van der Waals surface area contributed by atoms with E-state index in [1.165, 1.54) is 0 Å². The average Bonchev–Trinajstić information content (AvgIpc) is 4.05. The molecule has 0 bridgehead atoms. The van der Waals surface area contributed by atoms with Gasteiger partial charge in [-0.2, -0.15) is 0 Å². The smallest absolute Gasteiger partial charge is 0.488 e. The molecule has 0 radical (unpaired) electrons. The normalized spacial score (nSPS) is 19.0. The van der Waals surface area contributed by atoms with E-state index in [0.717, 1.165) is 78.6 Å². The Labute approximate surface area is 372 Å². The van der Waals surface area contributed by atoms with Crippen molar-refractivity contribution in [1.29, 1.82) is 0 Å². The molecular weight excluding hydrogens is 782 g/mol. The van der Waals surface area contributed by atoms with Crippen LogP contribution in [-0.2, 0) is 31.8 Å². The van der Waals surface area contributed by atoms with E-state index in [9.17, 15) is 0 Å². The number of aromatic amines is 1. The fourth-order valence-corrected chi connectivity index (χ4v) is 7.84. The minimum atomic E-state index is -0.404. The molecule has 318 valence electrons.